The highest BCUT2D eigenvalue weighted by Gasteiger charge is 2.28. The molecule has 1 fully saturated rings. The van der Waals surface area contributed by atoms with Gasteiger partial charge in [0.15, 0.2) is 0 Å². The van der Waals surface area contributed by atoms with Gasteiger partial charge in [-0.25, -0.2) is 8.42 Å². The van der Waals surface area contributed by atoms with Gasteiger partial charge in [-0.2, -0.15) is 4.31 Å². The Morgan fingerprint density at radius 2 is 2.11 bits per heavy atom. The highest BCUT2D eigenvalue weighted by Crippen LogP contribution is 2.20. The number of rotatable bonds is 2. The monoisotopic (exact) mass is 290 g/mol. The number of piperidine rings is 1. The Bertz CT molecular complexity index is 505. The second-order valence-corrected chi connectivity index (χ2v) is 6.52. The zero-order valence-electron chi connectivity index (χ0n) is 10.4. The molecule has 0 bridgehead atoms. The van der Waals surface area contributed by atoms with Crippen molar-refractivity contribution in [3.63, 3.8) is 0 Å². The Morgan fingerprint density at radius 1 is 1.39 bits per heavy atom. The number of aryl methyl sites for hydroxylation is 1. The molecule has 18 heavy (non-hydrogen) atoms. The average Bonchev–Trinajstić information content (AvgIpc) is 2.29. The summed E-state index contributed by atoms with van der Waals surface area (Å²) < 4.78 is 26.2. The topological polar surface area (TPSA) is 63.4 Å². The van der Waals surface area contributed by atoms with E-state index in [1.165, 1.54) is 4.31 Å². The molecular weight excluding hydrogens is 272 g/mol. The second kappa shape index (κ2) is 6.02. The van der Waals surface area contributed by atoms with Crippen LogP contribution in [0.1, 0.15) is 18.4 Å². The molecule has 1 saturated heterocycles. The van der Waals surface area contributed by atoms with E-state index < -0.39 is 10.0 Å². The SMILES string of the molecule is Cc1cccc(S(=O)(=O)N2CCCC(N)C2)c1.Cl. The first-order valence-electron chi connectivity index (χ1n) is 5.82. The lowest BCUT2D eigenvalue weighted by Crippen LogP contribution is -2.45. The van der Waals surface area contributed by atoms with Gasteiger partial charge in [0.25, 0.3) is 0 Å². The highest BCUT2D eigenvalue weighted by atomic mass is 35.5. The van der Waals surface area contributed by atoms with Gasteiger partial charge in [0.2, 0.25) is 10.0 Å². The van der Waals surface area contributed by atoms with Crippen molar-refractivity contribution in [3.05, 3.63) is 29.8 Å². The Balaban J connectivity index is 0.00000162. The van der Waals surface area contributed by atoms with Crippen LogP contribution in [0.2, 0.25) is 0 Å². The first-order chi connectivity index (χ1) is 8.00. The Morgan fingerprint density at radius 3 is 2.72 bits per heavy atom. The molecule has 2 N–H and O–H groups in total. The number of benzene rings is 1. The molecule has 0 aliphatic carbocycles. The molecule has 1 unspecified atom stereocenters. The summed E-state index contributed by atoms with van der Waals surface area (Å²) in [4.78, 5) is 0.367. The smallest absolute Gasteiger partial charge is 0.243 e. The zero-order chi connectivity index (χ0) is 12.5. The third-order valence-electron chi connectivity index (χ3n) is 3.05. The summed E-state index contributed by atoms with van der Waals surface area (Å²) in [5.41, 5.74) is 6.77. The molecule has 1 atom stereocenters. The van der Waals surface area contributed by atoms with Crippen LogP contribution < -0.4 is 5.73 Å². The van der Waals surface area contributed by atoms with E-state index in [1.54, 1.807) is 18.2 Å². The molecule has 1 aromatic rings. The van der Waals surface area contributed by atoms with Gasteiger partial charge in [-0.1, -0.05) is 12.1 Å². The van der Waals surface area contributed by atoms with Crippen molar-refractivity contribution >= 4 is 22.4 Å². The molecule has 1 aromatic carbocycles. The summed E-state index contributed by atoms with van der Waals surface area (Å²) in [6, 6.07) is 6.97. The van der Waals surface area contributed by atoms with E-state index in [0.717, 1.165) is 18.4 Å². The lowest BCUT2D eigenvalue weighted by Gasteiger charge is -2.29. The van der Waals surface area contributed by atoms with Crippen LogP contribution >= 0.6 is 12.4 Å². The quantitative estimate of drug-likeness (QED) is 0.898. The number of hydrogen-bond donors (Lipinski definition) is 1. The normalized spacial score (nSPS) is 21.3. The highest BCUT2D eigenvalue weighted by molar-refractivity contribution is 7.89. The first-order valence-corrected chi connectivity index (χ1v) is 7.26. The Kier molecular flexibility index (Phi) is 5.16. The maximum atomic E-state index is 12.4. The molecule has 0 aromatic heterocycles. The van der Waals surface area contributed by atoms with Gasteiger partial charge in [0, 0.05) is 19.1 Å². The van der Waals surface area contributed by atoms with E-state index in [1.807, 2.05) is 13.0 Å². The molecule has 0 amide bonds. The minimum absolute atomic E-state index is 0. The Hall–Kier alpha value is -0.620. The van der Waals surface area contributed by atoms with Crippen molar-refractivity contribution in [1.29, 1.82) is 0 Å². The molecule has 1 aliphatic rings. The van der Waals surface area contributed by atoms with Gasteiger partial charge in [0.1, 0.15) is 0 Å². The fourth-order valence-corrected chi connectivity index (χ4v) is 3.76. The van der Waals surface area contributed by atoms with E-state index in [0.29, 0.717) is 18.0 Å². The molecule has 6 heteroatoms. The molecule has 4 nitrogen and oxygen atoms in total. The van der Waals surface area contributed by atoms with Crippen LogP contribution in [0, 0.1) is 6.92 Å². The largest absolute Gasteiger partial charge is 0.327 e. The second-order valence-electron chi connectivity index (χ2n) is 4.58. The van der Waals surface area contributed by atoms with Crippen LogP contribution in [-0.4, -0.2) is 31.9 Å². The molecule has 0 radical (unpaired) electrons. The van der Waals surface area contributed by atoms with Gasteiger partial charge in [-0.05, 0) is 37.5 Å². The van der Waals surface area contributed by atoms with E-state index in [9.17, 15) is 8.42 Å². The van der Waals surface area contributed by atoms with E-state index in [-0.39, 0.29) is 18.4 Å². The third-order valence-corrected chi connectivity index (χ3v) is 4.91. The third kappa shape index (κ3) is 3.23. The van der Waals surface area contributed by atoms with Crippen molar-refractivity contribution in [1.82, 2.24) is 4.31 Å². The van der Waals surface area contributed by atoms with Gasteiger partial charge in [-0.15, -0.1) is 12.4 Å². The number of nitrogens with zero attached hydrogens (tertiary/aromatic N) is 1. The van der Waals surface area contributed by atoms with Crippen LogP contribution in [-0.2, 0) is 10.0 Å². The minimum atomic E-state index is -3.36. The summed E-state index contributed by atoms with van der Waals surface area (Å²) in [6.07, 6.45) is 1.74. The van der Waals surface area contributed by atoms with Crippen molar-refractivity contribution < 1.29 is 8.42 Å². The molecule has 1 heterocycles. The van der Waals surface area contributed by atoms with Crippen LogP contribution in [0.15, 0.2) is 29.2 Å². The fraction of sp³-hybridized carbons (Fsp3) is 0.500. The number of sulfonamides is 1. The summed E-state index contributed by atoms with van der Waals surface area (Å²) in [5.74, 6) is 0. The zero-order valence-corrected chi connectivity index (χ0v) is 12.0. The van der Waals surface area contributed by atoms with Gasteiger partial charge >= 0.3 is 0 Å². The van der Waals surface area contributed by atoms with Crippen molar-refractivity contribution in [2.24, 2.45) is 5.73 Å². The van der Waals surface area contributed by atoms with Crippen LogP contribution in [0.25, 0.3) is 0 Å². The molecule has 1 aliphatic heterocycles. The number of halogens is 1. The van der Waals surface area contributed by atoms with Gasteiger partial charge < -0.3 is 5.73 Å². The molecule has 102 valence electrons. The number of nitrogens with two attached hydrogens (primary N) is 1. The van der Waals surface area contributed by atoms with E-state index in [2.05, 4.69) is 0 Å². The summed E-state index contributed by atoms with van der Waals surface area (Å²) in [7, 11) is -3.36. The Labute approximate surface area is 115 Å². The van der Waals surface area contributed by atoms with Crippen molar-refractivity contribution in [2.45, 2.75) is 30.7 Å². The predicted molar refractivity (Wildman–Crippen MR) is 74.4 cm³/mol. The van der Waals surface area contributed by atoms with Crippen LogP contribution in [0.4, 0.5) is 0 Å². The van der Waals surface area contributed by atoms with Gasteiger partial charge in [0.05, 0.1) is 4.90 Å². The standard InChI is InChI=1S/C12H18N2O2S.ClH/c1-10-4-2-6-12(8-10)17(15,16)14-7-3-5-11(13)9-14;/h2,4,6,8,11H,3,5,7,9,13H2,1H3;1H. The maximum Gasteiger partial charge on any atom is 0.243 e. The molecule has 0 saturated carbocycles. The fourth-order valence-electron chi connectivity index (χ4n) is 2.12. The van der Waals surface area contributed by atoms with Crippen molar-refractivity contribution in [3.8, 4) is 0 Å². The molecule has 2 rings (SSSR count). The molecule has 0 spiro atoms. The van der Waals surface area contributed by atoms with Crippen LogP contribution in [0.3, 0.4) is 0 Å². The van der Waals surface area contributed by atoms with Crippen molar-refractivity contribution in [2.75, 3.05) is 13.1 Å². The number of hydrogen-bond acceptors (Lipinski definition) is 3. The average molecular weight is 291 g/mol. The lowest BCUT2D eigenvalue weighted by molar-refractivity contribution is 0.316. The summed E-state index contributed by atoms with van der Waals surface area (Å²) in [5, 5.41) is 0. The lowest BCUT2D eigenvalue weighted by atomic mass is 10.1. The molecular formula is C12H19ClN2O2S. The minimum Gasteiger partial charge on any atom is -0.327 e. The summed E-state index contributed by atoms with van der Waals surface area (Å²) in [6.45, 7) is 2.89. The predicted octanol–water partition coefficient (Wildman–Crippen LogP) is 1.53. The maximum absolute atomic E-state index is 12.4. The van der Waals surface area contributed by atoms with Crippen LogP contribution in [0.5, 0.6) is 0 Å². The summed E-state index contributed by atoms with van der Waals surface area (Å²) >= 11 is 0. The van der Waals surface area contributed by atoms with E-state index >= 15 is 0 Å². The first kappa shape index (κ1) is 15.4. The van der Waals surface area contributed by atoms with E-state index in [4.69, 9.17) is 5.73 Å². The van der Waals surface area contributed by atoms with Gasteiger partial charge in [-0.3, -0.25) is 0 Å².